The number of hydrogen-bond acceptors (Lipinski definition) is 2. The summed E-state index contributed by atoms with van der Waals surface area (Å²) >= 11 is 0. The minimum atomic E-state index is -0.441. The second-order valence-corrected chi connectivity index (χ2v) is 3.55. The maximum Gasteiger partial charge on any atom is 0.127 e. The Hall–Kier alpha value is -1.00. The van der Waals surface area contributed by atoms with Crippen LogP contribution in [0.5, 0.6) is 0 Å². The quantitative estimate of drug-likeness (QED) is 0.734. The first-order valence-electron chi connectivity index (χ1n) is 4.92. The third-order valence-corrected chi connectivity index (χ3v) is 2.06. The van der Waals surface area contributed by atoms with Gasteiger partial charge in [0, 0.05) is 12.1 Å². The first-order chi connectivity index (χ1) is 7.09. The van der Waals surface area contributed by atoms with Crippen LogP contribution in [0, 0.1) is 11.6 Å². The summed E-state index contributed by atoms with van der Waals surface area (Å²) in [6.07, 6.45) is 0.214. The van der Waals surface area contributed by atoms with E-state index in [0.717, 1.165) is 12.1 Å². The van der Waals surface area contributed by atoms with Gasteiger partial charge in [0.05, 0.1) is 6.10 Å². The third-order valence-electron chi connectivity index (χ3n) is 2.06. The molecule has 2 N–H and O–H groups in total. The number of aliphatic hydroxyl groups excluding tert-OH is 1. The Bertz CT molecular complexity index is 315. The fourth-order valence-corrected chi connectivity index (χ4v) is 1.21. The SMILES string of the molecule is CC(O)CCNCc1cc(F)ccc1F. The van der Waals surface area contributed by atoms with E-state index in [1.54, 1.807) is 6.92 Å². The summed E-state index contributed by atoms with van der Waals surface area (Å²) in [5.41, 5.74) is 0.306. The van der Waals surface area contributed by atoms with Crippen LogP contribution < -0.4 is 5.32 Å². The molecule has 1 rings (SSSR count). The van der Waals surface area contributed by atoms with E-state index in [9.17, 15) is 8.78 Å². The maximum absolute atomic E-state index is 13.1. The molecule has 0 fully saturated rings. The van der Waals surface area contributed by atoms with Crippen molar-refractivity contribution in [1.82, 2.24) is 5.32 Å². The Morgan fingerprint density at radius 1 is 1.40 bits per heavy atom. The number of nitrogens with one attached hydrogen (secondary N) is 1. The van der Waals surface area contributed by atoms with Gasteiger partial charge in [-0.25, -0.2) is 8.78 Å². The molecule has 15 heavy (non-hydrogen) atoms. The van der Waals surface area contributed by atoms with Gasteiger partial charge in [-0.2, -0.15) is 0 Å². The van der Waals surface area contributed by atoms with E-state index in [2.05, 4.69) is 5.32 Å². The van der Waals surface area contributed by atoms with Crippen molar-refractivity contribution in [1.29, 1.82) is 0 Å². The van der Waals surface area contributed by atoms with E-state index in [1.165, 1.54) is 6.07 Å². The highest BCUT2D eigenvalue weighted by atomic mass is 19.1. The molecule has 0 saturated carbocycles. The van der Waals surface area contributed by atoms with E-state index in [-0.39, 0.29) is 12.6 Å². The largest absolute Gasteiger partial charge is 0.393 e. The highest BCUT2D eigenvalue weighted by molar-refractivity contribution is 5.18. The van der Waals surface area contributed by atoms with Gasteiger partial charge in [-0.15, -0.1) is 0 Å². The van der Waals surface area contributed by atoms with Gasteiger partial charge in [0.15, 0.2) is 0 Å². The van der Waals surface area contributed by atoms with Gasteiger partial charge in [0.1, 0.15) is 11.6 Å². The third kappa shape index (κ3) is 4.36. The van der Waals surface area contributed by atoms with Crippen LogP contribution in [0.3, 0.4) is 0 Å². The second kappa shape index (κ2) is 5.78. The zero-order valence-corrected chi connectivity index (χ0v) is 8.63. The molecule has 0 spiro atoms. The molecule has 0 amide bonds. The van der Waals surface area contributed by atoms with Crippen LogP contribution in [-0.4, -0.2) is 17.8 Å². The van der Waals surface area contributed by atoms with Crippen molar-refractivity contribution in [2.24, 2.45) is 0 Å². The van der Waals surface area contributed by atoms with Gasteiger partial charge in [0.2, 0.25) is 0 Å². The molecule has 0 aromatic heterocycles. The van der Waals surface area contributed by atoms with Crippen LogP contribution in [0.1, 0.15) is 18.9 Å². The number of rotatable bonds is 5. The summed E-state index contributed by atoms with van der Waals surface area (Å²) in [5.74, 6) is -0.857. The molecule has 0 saturated heterocycles. The predicted octanol–water partition coefficient (Wildman–Crippen LogP) is 1.83. The maximum atomic E-state index is 13.1. The smallest absolute Gasteiger partial charge is 0.127 e. The van der Waals surface area contributed by atoms with Gasteiger partial charge in [-0.05, 0) is 38.1 Å². The number of aliphatic hydroxyl groups is 1. The van der Waals surface area contributed by atoms with Gasteiger partial charge in [-0.1, -0.05) is 0 Å². The van der Waals surface area contributed by atoms with Crippen molar-refractivity contribution in [2.45, 2.75) is 26.0 Å². The van der Waals surface area contributed by atoms with Crippen LogP contribution in [0.25, 0.3) is 0 Å². The van der Waals surface area contributed by atoms with Crippen molar-refractivity contribution in [3.8, 4) is 0 Å². The molecule has 0 aliphatic rings. The Kier molecular flexibility index (Phi) is 4.65. The predicted molar refractivity (Wildman–Crippen MR) is 54.4 cm³/mol. The molecule has 1 aromatic rings. The van der Waals surface area contributed by atoms with Gasteiger partial charge < -0.3 is 10.4 Å². The Labute approximate surface area is 87.9 Å². The van der Waals surface area contributed by atoms with E-state index < -0.39 is 11.6 Å². The van der Waals surface area contributed by atoms with E-state index in [0.29, 0.717) is 18.5 Å². The monoisotopic (exact) mass is 215 g/mol. The molecule has 0 aliphatic heterocycles. The van der Waals surface area contributed by atoms with Crippen LogP contribution in [0.2, 0.25) is 0 Å². The Morgan fingerprint density at radius 3 is 2.80 bits per heavy atom. The fraction of sp³-hybridized carbons (Fsp3) is 0.455. The molecule has 1 aromatic carbocycles. The summed E-state index contributed by atoms with van der Waals surface area (Å²) < 4.78 is 25.8. The van der Waals surface area contributed by atoms with Crippen molar-refractivity contribution in [2.75, 3.05) is 6.54 Å². The van der Waals surface area contributed by atoms with E-state index in [1.807, 2.05) is 0 Å². The molecule has 0 radical (unpaired) electrons. The molecule has 84 valence electrons. The van der Waals surface area contributed by atoms with Crippen LogP contribution in [0.4, 0.5) is 8.78 Å². The average molecular weight is 215 g/mol. The first kappa shape index (κ1) is 12.1. The standard InChI is InChI=1S/C11H15F2NO/c1-8(15)4-5-14-7-9-6-10(12)2-3-11(9)13/h2-3,6,8,14-15H,4-5,7H2,1H3. The topological polar surface area (TPSA) is 32.3 Å². The summed E-state index contributed by atoms with van der Waals surface area (Å²) in [4.78, 5) is 0. The lowest BCUT2D eigenvalue weighted by atomic mass is 10.2. The van der Waals surface area contributed by atoms with Crippen molar-refractivity contribution in [3.63, 3.8) is 0 Å². The van der Waals surface area contributed by atoms with Crippen LogP contribution >= 0.6 is 0 Å². The molecule has 1 atom stereocenters. The first-order valence-corrected chi connectivity index (χ1v) is 4.92. The molecular weight excluding hydrogens is 200 g/mol. The van der Waals surface area contributed by atoms with Gasteiger partial charge in [0.25, 0.3) is 0 Å². The van der Waals surface area contributed by atoms with E-state index >= 15 is 0 Å². The van der Waals surface area contributed by atoms with Crippen molar-refractivity contribution in [3.05, 3.63) is 35.4 Å². The molecule has 2 nitrogen and oxygen atoms in total. The molecular formula is C11H15F2NO. The summed E-state index contributed by atoms with van der Waals surface area (Å²) in [6, 6.07) is 3.38. The number of benzene rings is 1. The highest BCUT2D eigenvalue weighted by Gasteiger charge is 2.03. The van der Waals surface area contributed by atoms with Crippen molar-refractivity contribution >= 4 is 0 Å². The van der Waals surface area contributed by atoms with Gasteiger partial charge >= 0.3 is 0 Å². The molecule has 1 unspecified atom stereocenters. The number of hydrogen-bond donors (Lipinski definition) is 2. The van der Waals surface area contributed by atoms with Gasteiger partial charge in [-0.3, -0.25) is 0 Å². The minimum Gasteiger partial charge on any atom is -0.393 e. The normalized spacial score (nSPS) is 12.8. The zero-order chi connectivity index (χ0) is 11.3. The fourth-order valence-electron chi connectivity index (χ4n) is 1.21. The van der Waals surface area contributed by atoms with Crippen LogP contribution in [-0.2, 0) is 6.54 Å². The molecule has 0 bridgehead atoms. The number of halogens is 2. The Morgan fingerprint density at radius 2 is 2.13 bits per heavy atom. The molecule has 0 heterocycles. The second-order valence-electron chi connectivity index (χ2n) is 3.55. The molecule has 0 aliphatic carbocycles. The lowest BCUT2D eigenvalue weighted by molar-refractivity contribution is 0.183. The zero-order valence-electron chi connectivity index (χ0n) is 8.63. The Balaban J connectivity index is 2.40. The summed E-state index contributed by atoms with van der Waals surface area (Å²) in [5, 5.41) is 11.9. The highest BCUT2D eigenvalue weighted by Crippen LogP contribution is 2.09. The lowest BCUT2D eigenvalue weighted by Crippen LogP contribution is -2.19. The van der Waals surface area contributed by atoms with Crippen molar-refractivity contribution < 1.29 is 13.9 Å². The van der Waals surface area contributed by atoms with Crippen LogP contribution in [0.15, 0.2) is 18.2 Å². The average Bonchev–Trinajstić information content (AvgIpc) is 2.17. The lowest BCUT2D eigenvalue weighted by Gasteiger charge is -2.07. The minimum absolute atomic E-state index is 0.274. The molecule has 4 heteroatoms. The summed E-state index contributed by atoms with van der Waals surface area (Å²) in [6.45, 7) is 2.54. The summed E-state index contributed by atoms with van der Waals surface area (Å²) in [7, 11) is 0. The van der Waals surface area contributed by atoms with E-state index in [4.69, 9.17) is 5.11 Å².